The summed E-state index contributed by atoms with van der Waals surface area (Å²) in [5.41, 5.74) is 0.719. The average molecular weight is 329 g/mol. The Labute approximate surface area is 121 Å². The normalized spacial score (nSPS) is 19.0. The fourth-order valence-corrected chi connectivity index (χ4v) is 2.33. The summed E-state index contributed by atoms with van der Waals surface area (Å²) >= 11 is 3.40. The van der Waals surface area contributed by atoms with Crippen LogP contribution in [0.4, 0.5) is 5.69 Å². The number of ether oxygens (including phenoxy) is 2. The Hall–Kier alpha value is -1.11. The van der Waals surface area contributed by atoms with Gasteiger partial charge < -0.3 is 19.7 Å². The highest BCUT2D eigenvalue weighted by Crippen LogP contribution is 2.31. The number of carbonyl (C=O) groups is 1. The number of anilines is 1. The Morgan fingerprint density at radius 1 is 1.58 bits per heavy atom. The summed E-state index contributed by atoms with van der Waals surface area (Å²) in [6.45, 7) is 1.88. The van der Waals surface area contributed by atoms with E-state index in [1.807, 2.05) is 18.2 Å². The summed E-state index contributed by atoms with van der Waals surface area (Å²) < 4.78 is 11.7. The van der Waals surface area contributed by atoms with Crippen LogP contribution >= 0.6 is 15.9 Å². The van der Waals surface area contributed by atoms with Crippen molar-refractivity contribution >= 4 is 27.5 Å². The molecule has 1 amide bonds. The SMILES string of the molecule is COc1ccc(Br)cc1N(C)C(=O)C1CNCCO1. The predicted molar refractivity (Wildman–Crippen MR) is 76.7 cm³/mol. The van der Waals surface area contributed by atoms with Gasteiger partial charge >= 0.3 is 0 Å². The van der Waals surface area contributed by atoms with E-state index in [2.05, 4.69) is 21.2 Å². The van der Waals surface area contributed by atoms with E-state index in [0.717, 1.165) is 16.7 Å². The third kappa shape index (κ3) is 3.26. The summed E-state index contributed by atoms with van der Waals surface area (Å²) in [7, 11) is 3.31. The van der Waals surface area contributed by atoms with E-state index in [0.29, 0.717) is 18.9 Å². The molecule has 0 aliphatic carbocycles. The maximum Gasteiger partial charge on any atom is 0.257 e. The van der Waals surface area contributed by atoms with Crippen LogP contribution in [0.3, 0.4) is 0 Å². The first-order valence-electron chi connectivity index (χ1n) is 6.07. The Morgan fingerprint density at radius 2 is 2.37 bits per heavy atom. The number of halogens is 1. The molecule has 0 radical (unpaired) electrons. The molecule has 1 heterocycles. The molecule has 0 aromatic heterocycles. The number of benzene rings is 1. The molecule has 5 nitrogen and oxygen atoms in total. The lowest BCUT2D eigenvalue weighted by Gasteiger charge is -2.28. The lowest BCUT2D eigenvalue weighted by molar-refractivity contribution is -0.131. The van der Waals surface area contributed by atoms with Gasteiger partial charge in [-0.05, 0) is 18.2 Å². The second-order valence-corrected chi connectivity index (χ2v) is 5.19. The topological polar surface area (TPSA) is 50.8 Å². The minimum Gasteiger partial charge on any atom is -0.495 e. The Bertz CT molecular complexity index is 461. The summed E-state index contributed by atoms with van der Waals surface area (Å²) in [5, 5.41) is 3.15. The molecular weight excluding hydrogens is 312 g/mol. The van der Waals surface area contributed by atoms with Gasteiger partial charge in [0.05, 0.1) is 19.4 Å². The van der Waals surface area contributed by atoms with Crippen LogP contribution in [0.2, 0.25) is 0 Å². The highest BCUT2D eigenvalue weighted by atomic mass is 79.9. The van der Waals surface area contributed by atoms with Crippen molar-refractivity contribution < 1.29 is 14.3 Å². The Morgan fingerprint density at radius 3 is 3.00 bits per heavy atom. The van der Waals surface area contributed by atoms with Gasteiger partial charge in [-0.25, -0.2) is 0 Å². The van der Waals surface area contributed by atoms with E-state index in [1.165, 1.54) is 0 Å². The molecule has 1 fully saturated rings. The van der Waals surface area contributed by atoms with E-state index in [9.17, 15) is 4.79 Å². The van der Waals surface area contributed by atoms with Gasteiger partial charge in [-0.2, -0.15) is 0 Å². The molecule has 104 valence electrons. The zero-order valence-electron chi connectivity index (χ0n) is 11.0. The van der Waals surface area contributed by atoms with Gasteiger partial charge in [-0.3, -0.25) is 4.79 Å². The molecule has 0 bridgehead atoms. The van der Waals surface area contributed by atoms with Crippen molar-refractivity contribution in [3.63, 3.8) is 0 Å². The smallest absolute Gasteiger partial charge is 0.257 e. The quantitative estimate of drug-likeness (QED) is 0.911. The van der Waals surface area contributed by atoms with Crippen LogP contribution in [0.1, 0.15) is 0 Å². The van der Waals surface area contributed by atoms with Gasteiger partial charge in [-0.1, -0.05) is 15.9 Å². The molecule has 1 N–H and O–H groups in total. The second kappa shape index (κ2) is 6.36. The molecule has 1 aliphatic rings. The van der Waals surface area contributed by atoms with Gasteiger partial charge in [0.1, 0.15) is 11.9 Å². The van der Waals surface area contributed by atoms with E-state index in [-0.39, 0.29) is 5.91 Å². The molecule has 1 atom stereocenters. The van der Waals surface area contributed by atoms with Gasteiger partial charge in [0, 0.05) is 24.6 Å². The first-order valence-corrected chi connectivity index (χ1v) is 6.86. The van der Waals surface area contributed by atoms with Crippen molar-refractivity contribution in [1.29, 1.82) is 0 Å². The first-order chi connectivity index (χ1) is 9.13. The minimum absolute atomic E-state index is 0.0800. The van der Waals surface area contributed by atoms with Gasteiger partial charge in [-0.15, -0.1) is 0 Å². The van der Waals surface area contributed by atoms with Crippen LogP contribution in [-0.2, 0) is 9.53 Å². The monoisotopic (exact) mass is 328 g/mol. The standard InChI is InChI=1S/C13H17BrN2O3/c1-16(13(17)12-8-15-5-6-19-12)10-7-9(14)3-4-11(10)18-2/h3-4,7,12,15H,5-6,8H2,1-2H3. The molecule has 1 saturated heterocycles. The largest absolute Gasteiger partial charge is 0.495 e. The van der Waals surface area contributed by atoms with E-state index in [1.54, 1.807) is 19.1 Å². The molecule has 1 aliphatic heterocycles. The lowest BCUT2D eigenvalue weighted by Crippen LogP contribution is -2.48. The molecule has 0 spiro atoms. The number of carbonyl (C=O) groups excluding carboxylic acids is 1. The summed E-state index contributed by atoms with van der Waals surface area (Å²) in [6, 6.07) is 5.55. The lowest BCUT2D eigenvalue weighted by atomic mass is 10.2. The third-order valence-electron chi connectivity index (χ3n) is 3.04. The van der Waals surface area contributed by atoms with Crippen molar-refractivity contribution in [3.8, 4) is 5.75 Å². The van der Waals surface area contributed by atoms with Crippen molar-refractivity contribution in [2.75, 3.05) is 38.8 Å². The van der Waals surface area contributed by atoms with Crippen molar-refractivity contribution in [2.24, 2.45) is 0 Å². The fraction of sp³-hybridized carbons (Fsp3) is 0.462. The van der Waals surface area contributed by atoms with E-state index in [4.69, 9.17) is 9.47 Å². The van der Waals surface area contributed by atoms with Crippen LogP contribution in [0.25, 0.3) is 0 Å². The fourth-order valence-electron chi connectivity index (χ4n) is 1.98. The highest BCUT2D eigenvalue weighted by molar-refractivity contribution is 9.10. The highest BCUT2D eigenvalue weighted by Gasteiger charge is 2.27. The Kier molecular flexibility index (Phi) is 4.79. The van der Waals surface area contributed by atoms with Gasteiger partial charge in [0.15, 0.2) is 0 Å². The molecule has 2 rings (SSSR count). The number of likely N-dealkylation sites (N-methyl/N-ethyl adjacent to an activating group) is 1. The van der Waals surface area contributed by atoms with Crippen LogP contribution in [0.15, 0.2) is 22.7 Å². The molecule has 0 saturated carbocycles. The number of morpholine rings is 1. The number of hydrogen-bond acceptors (Lipinski definition) is 4. The maximum absolute atomic E-state index is 12.4. The number of hydrogen-bond donors (Lipinski definition) is 1. The number of nitrogens with one attached hydrogen (secondary N) is 1. The summed E-state index contributed by atoms with van der Waals surface area (Å²) in [5.74, 6) is 0.575. The van der Waals surface area contributed by atoms with Crippen LogP contribution in [0, 0.1) is 0 Å². The predicted octanol–water partition coefficient (Wildman–Crippen LogP) is 1.41. The van der Waals surface area contributed by atoms with Crippen molar-refractivity contribution in [1.82, 2.24) is 5.32 Å². The minimum atomic E-state index is -0.442. The first kappa shape index (κ1) is 14.3. The van der Waals surface area contributed by atoms with Crippen molar-refractivity contribution in [2.45, 2.75) is 6.10 Å². The van der Waals surface area contributed by atoms with Crippen LogP contribution in [-0.4, -0.2) is 45.9 Å². The van der Waals surface area contributed by atoms with Gasteiger partial charge in [0.2, 0.25) is 0 Å². The van der Waals surface area contributed by atoms with Crippen LogP contribution in [0.5, 0.6) is 5.75 Å². The number of nitrogens with zero attached hydrogens (tertiary/aromatic N) is 1. The molecular formula is C13H17BrN2O3. The molecule has 1 aromatic carbocycles. The van der Waals surface area contributed by atoms with E-state index >= 15 is 0 Å². The molecule has 1 unspecified atom stereocenters. The third-order valence-corrected chi connectivity index (χ3v) is 3.53. The Balaban J connectivity index is 2.20. The number of methoxy groups -OCH3 is 1. The molecule has 1 aromatic rings. The average Bonchev–Trinajstić information content (AvgIpc) is 2.46. The number of rotatable bonds is 3. The van der Waals surface area contributed by atoms with Crippen LogP contribution < -0.4 is 15.0 Å². The maximum atomic E-state index is 12.4. The van der Waals surface area contributed by atoms with Gasteiger partial charge in [0.25, 0.3) is 5.91 Å². The molecule has 19 heavy (non-hydrogen) atoms. The van der Waals surface area contributed by atoms with E-state index < -0.39 is 6.10 Å². The second-order valence-electron chi connectivity index (χ2n) is 4.28. The summed E-state index contributed by atoms with van der Waals surface area (Å²) in [6.07, 6.45) is -0.442. The summed E-state index contributed by atoms with van der Waals surface area (Å²) in [4.78, 5) is 13.9. The zero-order valence-corrected chi connectivity index (χ0v) is 12.6. The molecule has 6 heteroatoms. The zero-order chi connectivity index (χ0) is 13.8. The van der Waals surface area contributed by atoms with Crippen molar-refractivity contribution in [3.05, 3.63) is 22.7 Å². The number of amides is 1.